The van der Waals surface area contributed by atoms with Crippen molar-refractivity contribution >= 4 is 6.29 Å². The lowest BCUT2D eigenvalue weighted by Gasteiger charge is -2.05. The Hall–Kier alpha value is -2.20. The van der Waals surface area contributed by atoms with Gasteiger partial charge in [0.2, 0.25) is 5.88 Å². The lowest BCUT2D eigenvalue weighted by atomic mass is 10.1. The van der Waals surface area contributed by atoms with E-state index in [4.69, 9.17) is 9.84 Å². The number of aromatic nitrogens is 1. The Morgan fingerprint density at radius 1 is 1.17 bits per heavy atom. The Morgan fingerprint density at radius 2 is 1.94 bits per heavy atom. The Bertz CT molecular complexity index is 506. The van der Waals surface area contributed by atoms with Gasteiger partial charge in [0, 0.05) is 24.4 Å². The number of benzene rings is 1. The molecule has 92 valence electrons. The maximum absolute atomic E-state index is 10.5. The van der Waals surface area contributed by atoms with Crippen LogP contribution in [0.3, 0.4) is 0 Å². The quantitative estimate of drug-likeness (QED) is 0.818. The van der Waals surface area contributed by atoms with Gasteiger partial charge in [0.15, 0.2) is 6.29 Å². The van der Waals surface area contributed by atoms with Crippen molar-refractivity contribution in [3.05, 3.63) is 53.7 Å². The Labute approximate surface area is 105 Å². The maximum Gasteiger partial charge on any atom is 0.219 e. The van der Waals surface area contributed by atoms with Crippen molar-refractivity contribution in [1.29, 1.82) is 0 Å². The summed E-state index contributed by atoms with van der Waals surface area (Å²) in [4.78, 5) is 14.5. The van der Waals surface area contributed by atoms with E-state index in [2.05, 4.69) is 4.98 Å². The van der Waals surface area contributed by atoms with Crippen molar-refractivity contribution < 1.29 is 14.6 Å². The molecule has 1 aromatic heterocycles. The van der Waals surface area contributed by atoms with Crippen LogP contribution in [0.5, 0.6) is 11.6 Å². The smallest absolute Gasteiger partial charge is 0.219 e. The van der Waals surface area contributed by atoms with E-state index in [1.807, 2.05) is 24.3 Å². The van der Waals surface area contributed by atoms with Crippen molar-refractivity contribution in [2.24, 2.45) is 0 Å². The molecule has 0 saturated heterocycles. The molecule has 1 heterocycles. The van der Waals surface area contributed by atoms with Crippen molar-refractivity contribution in [1.82, 2.24) is 4.98 Å². The number of aldehydes is 1. The number of nitrogens with zero attached hydrogens (tertiary/aromatic N) is 1. The minimum Gasteiger partial charge on any atom is -0.439 e. The maximum atomic E-state index is 10.5. The van der Waals surface area contributed by atoms with Crippen molar-refractivity contribution in [3.63, 3.8) is 0 Å². The zero-order valence-electron chi connectivity index (χ0n) is 9.74. The number of carbonyl (C=O) groups is 1. The number of carbonyl (C=O) groups excluding carboxylic acids is 1. The van der Waals surface area contributed by atoms with Gasteiger partial charge in [0.25, 0.3) is 0 Å². The van der Waals surface area contributed by atoms with Crippen LogP contribution in [0, 0.1) is 0 Å². The predicted molar refractivity (Wildman–Crippen MR) is 66.9 cm³/mol. The zero-order chi connectivity index (χ0) is 12.8. The highest BCUT2D eigenvalue weighted by atomic mass is 16.5. The summed E-state index contributed by atoms with van der Waals surface area (Å²) in [6, 6.07) is 10.7. The summed E-state index contributed by atoms with van der Waals surface area (Å²) in [5.41, 5.74) is 1.56. The molecule has 0 radical (unpaired) electrons. The molecular weight excluding hydrogens is 230 g/mol. The van der Waals surface area contributed by atoms with Crippen LogP contribution in [0.4, 0.5) is 0 Å². The van der Waals surface area contributed by atoms with Gasteiger partial charge in [-0.05, 0) is 30.2 Å². The first-order chi connectivity index (χ1) is 8.81. The van der Waals surface area contributed by atoms with Crippen LogP contribution in [0.25, 0.3) is 0 Å². The summed E-state index contributed by atoms with van der Waals surface area (Å²) in [7, 11) is 0. The average molecular weight is 243 g/mol. The molecule has 0 unspecified atom stereocenters. The molecule has 0 aliphatic carbocycles. The van der Waals surface area contributed by atoms with Crippen LogP contribution in [0.2, 0.25) is 0 Å². The largest absolute Gasteiger partial charge is 0.439 e. The number of rotatable bonds is 5. The molecule has 0 saturated carbocycles. The number of hydrogen-bond donors (Lipinski definition) is 1. The molecule has 2 rings (SSSR count). The first kappa shape index (κ1) is 12.3. The second-order valence-electron chi connectivity index (χ2n) is 3.77. The minimum atomic E-state index is 0.134. The minimum absolute atomic E-state index is 0.134. The number of pyridine rings is 1. The third-order valence-corrected chi connectivity index (χ3v) is 2.44. The third-order valence-electron chi connectivity index (χ3n) is 2.44. The summed E-state index contributed by atoms with van der Waals surface area (Å²) < 4.78 is 5.52. The molecule has 1 aromatic carbocycles. The lowest BCUT2D eigenvalue weighted by Crippen LogP contribution is -1.92. The molecule has 0 aliphatic heterocycles. The molecule has 1 N–H and O–H groups in total. The van der Waals surface area contributed by atoms with Crippen LogP contribution in [-0.4, -0.2) is 23.0 Å². The molecule has 0 atom stereocenters. The Balaban J connectivity index is 2.05. The van der Waals surface area contributed by atoms with Crippen molar-refractivity contribution in [2.45, 2.75) is 6.42 Å². The van der Waals surface area contributed by atoms with Gasteiger partial charge < -0.3 is 9.84 Å². The molecule has 2 aromatic rings. The number of aliphatic hydroxyl groups excluding tert-OH is 1. The predicted octanol–water partition coefficient (Wildman–Crippen LogP) is 2.22. The summed E-state index contributed by atoms with van der Waals surface area (Å²) in [6.07, 6.45) is 2.83. The van der Waals surface area contributed by atoms with Gasteiger partial charge in [-0.2, -0.15) is 0 Å². The molecule has 0 bridgehead atoms. The van der Waals surface area contributed by atoms with E-state index in [1.54, 1.807) is 12.1 Å². The van der Waals surface area contributed by atoms with E-state index < -0.39 is 0 Å². The van der Waals surface area contributed by atoms with E-state index in [0.717, 1.165) is 11.8 Å². The molecule has 0 fully saturated rings. The summed E-state index contributed by atoms with van der Waals surface area (Å²) in [5.74, 6) is 1.11. The van der Waals surface area contributed by atoms with E-state index in [-0.39, 0.29) is 6.61 Å². The van der Waals surface area contributed by atoms with Crippen molar-refractivity contribution in [3.8, 4) is 11.6 Å². The summed E-state index contributed by atoms with van der Waals surface area (Å²) >= 11 is 0. The van der Waals surface area contributed by atoms with Crippen LogP contribution in [-0.2, 0) is 6.42 Å². The molecule has 0 aliphatic rings. The monoisotopic (exact) mass is 243 g/mol. The number of hydrogen-bond acceptors (Lipinski definition) is 4. The second kappa shape index (κ2) is 5.93. The fourth-order valence-corrected chi connectivity index (χ4v) is 1.50. The highest BCUT2D eigenvalue weighted by Gasteiger charge is 1.99. The van der Waals surface area contributed by atoms with Gasteiger partial charge >= 0.3 is 0 Å². The van der Waals surface area contributed by atoms with Crippen LogP contribution in [0.1, 0.15) is 15.9 Å². The Morgan fingerprint density at radius 3 is 2.50 bits per heavy atom. The molecule has 0 amide bonds. The lowest BCUT2D eigenvalue weighted by molar-refractivity contribution is 0.112. The van der Waals surface area contributed by atoms with E-state index in [0.29, 0.717) is 23.6 Å². The fourth-order valence-electron chi connectivity index (χ4n) is 1.50. The third kappa shape index (κ3) is 3.15. The average Bonchev–Trinajstić information content (AvgIpc) is 2.42. The SMILES string of the molecule is O=Cc1ccc(Oc2ccc(CCO)cc2)nc1. The first-order valence-corrected chi connectivity index (χ1v) is 5.60. The fraction of sp³-hybridized carbons (Fsp3) is 0.143. The molecule has 4 nitrogen and oxygen atoms in total. The van der Waals surface area contributed by atoms with Gasteiger partial charge in [0.05, 0.1) is 0 Å². The van der Waals surface area contributed by atoms with Crippen LogP contribution < -0.4 is 4.74 Å². The Kier molecular flexibility index (Phi) is 4.04. The molecular formula is C14H13NO3. The number of ether oxygens (including phenoxy) is 1. The van der Waals surface area contributed by atoms with Gasteiger partial charge in [-0.3, -0.25) is 4.79 Å². The summed E-state index contributed by atoms with van der Waals surface area (Å²) in [5, 5.41) is 8.80. The van der Waals surface area contributed by atoms with Gasteiger partial charge in [-0.1, -0.05) is 12.1 Å². The van der Waals surface area contributed by atoms with Crippen LogP contribution >= 0.6 is 0 Å². The van der Waals surface area contributed by atoms with Gasteiger partial charge in [-0.15, -0.1) is 0 Å². The van der Waals surface area contributed by atoms with Crippen LogP contribution in [0.15, 0.2) is 42.6 Å². The molecule has 0 spiro atoms. The van der Waals surface area contributed by atoms with E-state index >= 15 is 0 Å². The van der Waals surface area contributed by atoms with Gasteiger partial charge in [-0.25, -0.2) is 4.98 Å². The number of aliphatic hydroxyl groups is 1. The normalized spacial score (nSPS) is 10.1. The molecule has 18 heavy (non-hydrogen) atoms. The first-order valence-electron chi connectivity index (χ1n) is 5.60. The standard InChI is InChI=1S/C14H13NO3/c16-8-7-11-1-4-13(5-2-11)18-14-6-3-12(10-17)9-15-14/h1-6,9-10,16H,7-8H2. The highest BCUT2D eigenvalue weighted by molar-refractivity contribution is 5.74. The highest BCUT2D eigenvalue weighted by Crippen LogP contribution is 2.19. The zero-order valence-corrected chi connectivity index (χ0v) is 9.74. The topological polar surface area (TPSA) is 59.4 Å². The van der Waals surface area contributed by atoms with Gasteiger partial charge in [0.1, 0.15) is 5.75 Å². The molecule has 4 heteroatoms. The van der Waals surface area contributed by atoms with Crippen molar-refractivity contribution in [2.75, 3.05) is 6.61 Å². The van der Waals surface area contributed by atoms with E-state index in [9.17, 15) is 4.79 Å². The van der Waals surface area contributed by atoms with E-state index in [1.165, 1.54) is 6.20 Å². The second-order valence-corrected chi connectivity index (χ2v) is 3.77. The summed E-state index contributed by atoms with van der Waals surface area (Å²) in [6.45, 7) is 0.134.